The lowest BCUT2D eigenvalue weighted by atomic mass is 10.2. The van der Waals surface area contributed by atoms with Crippen molar-refractivity contribution in [3.63, 3.8) is 0 Å². The second-order valence-corrected chi connectivity index (χ2v) is 8.58. The minimum atomic E-state index is -0.322. The van der Waals surface area contributed by atoms with Gasteiger partial charge < -0.3 is 0 Å². The van der Waals surface area contributed by atoms with Crippen molar-refractivity contribution in [2.24, 2.45) is 0 Å². The molecule has 1 amide bonds. The predicted octanol–water partition coefficient (Wildman–Crippen LogP) is 5.60. The van der Waals surface area contributed by atoms with Gasteiger partial charge in [0.05, 0.1) is 10.6 Å². The molecule has 3 aromatic rings. The number of carbonyl (C=O) groups is 1. The Morgan fingerprint density at radius 2 is 2.00 bits per heavy atom. The van der Waals surface area contributed by atoms with Gasteiger partial charge >= 0.3 is 0 Å². The van der Waals surface area contributed by atoms with Gasteiger partial charge in [-0.15, -0.1) is 22.0 Å². The average molecular weight is 426 g/mol. The average Bonchev–Trinajstić information content (AvgIpc) is 3.09. The van der Waals surface area contributed by atoms with Crippen molar-refractivity contribution in [1.82, 2.24) is 10.2 Å². The fraction of sp³-hybridized carbons (Fsp3) is 0.118. The summed E-state index contributed by atoms with van der Waals surface area (Å²) in [5.74, 6) is 0.0609. The Labute approximate surface area is 167 Å². The third kappa shape index (κ3) is 4.97. The molecule has 0 unspecified atom stereocenters. The van der Waals surface area contributed by atoms with Crippen LogP contribution in [-0.2, 0) is 5.75 Å². The molecule has 4 nitrogen and oxygen atoms in total. The number of thioether (sulfide) groups is 2. The third-order valence-electron chi connectivity index (χ3n) is 3.32. The Bertz CT molecular complexity index is 918. The maximum absolute atomic E-state index is 12.9. The van der Waals surface area contributed by atoms with Crippen LogP contribution in [0, 0.1) is 5.82 Å². The summed E-state index contributed by atoms with van der Waals surface area (Å²) in [5.41, 5.74) is 1.38. The zero-order valence-corrected chi connectivity index (χ0v) is 16.7. The molecule has 0 spiro atoms. The van der Waals surface area contributed by atoms with E-state index in [-0.39, 0.29) is 11.7 Å². The van der Waals surface area contributed by atoms with E-state index in [1.165, 1.54) is 47.0 Å². The summed E-state index contributed by atoms with van der Waals surface area (Å²) in [6.07, 6.45) is 1.93. The maximum Gasteiger partial charge on any atom is 0.259 e. The number of hydrogen-bond donors (Lipinski definition) is 1. The molecule has 0 saturated heterocycles. The number of nitrogens with zero attached hydrogens (tertiary/aromatic N) is 2. The molecule has 0 aliphatic rings. The van der Waals surface area contributed by atoms with E-state index in [0.717, 1.165) is 10.5 Å². The second-order valence-electron chi connectivity index (χ2n) is 5.09. The number of nitrogens with one attached hydrogen (secondary N) is 1. The van der Waals surface area contributed by atoms with Gasteiger partial charge in [0.25, 0.3) is 5.91 Å². The number of anilines is 1. The van der Waals surface area contributed by atoms with E-state index in [0.29, 0.717) is 25.8 Å². The molecule has 0 atom stereocenters. The van der Waals surface area contributed by atoms with Gasteiger partial charge in [-0.25, -0.2) is 4.39 Å². The number of benzene rings is 2. The van der Waals surface area contributed by atoms with E-state index in [1.54, 1.807) is 24.3 Å². The molecule has 9 heteroatoms. The summed E-state index contributed by atoms with van der Waals surface area (Å²) < 4.78 is 13.6. The summed E-state index contributed by atoms with van der Waals surface area (Å²) >= 11 is 10.4. The first-order valence-corrected chi connectivity index (χ1v) is 10.8. The summed E-state index contributed by atoms with van der Waals surface area (Å²) in [4.78, 5) is 13.4. The van der Waals surface area contributed by atoms with Gasteiger partial charge in [0.2, 0.25) is 5.13 Å². The zero-order chi connectivity index (χ0) is 18.5. The van der Waals surface area contributed by atoms with Crippen molar-refractivity contribution >= 4 is 57.5 Å². The Hall–Kier alpha value is -1.61. The standard InChI is InChI=1S/C17H13ClFN3OS3/c1-24-12-6-7-14(18)13(8-12)15(23)20-16-21-22-17(26-16)25-9-10-2-4-11(19)5-3-10/h2-8H,9H2,1H3,(H,20,21,23). The van der Waals surface area contributed by atoms with Crippen LogP contribution in [0.2, 0.25) is 5.02 Å². The molecule has 26 heavy (non-hydrogen) atoms. The summed E-state index contributed by atoms with van der Waals surface area (Å²) in [6.45, 7) is 0. The summed E-state index contributed by atoms with van der Waals surface area (Å²) in [6, 6.07) is 11.6. The van der Waals surface area contributed by atoms with Crippen LogP contribution in [0.5, 0.6) is 0 Å². The molecule has 0 fully saturated rings. The van der Waals surface area contributed by atoms with E-state index < -0.39 is 0 Å². The molecule has 2 aromatic carbocycles. The lowest BCUT2D eigenvalue weighted by Gasteiger charge is -2.05. The molecule has 1 N–H and O–H groups in total. The first-order chi connectivity index (χ1) is 12.5. The maximum atomic E-state index is 12.9. The number of carbonyl (C=O) groups excluding carboxylic acids is 1. The van der Waals surface area contributed by atoms with Crippen LogP contribution < -0.4 is 5.32 Å². The molecule has 134 valence electrons. The van der Waals surface area contributed by atoms with Crippen LogP contribution in [0.1, 0.15) is 15.9 Å². The number of aromatic nitrogens is 2. The summed E-state index contributed by atoms with van der Waals surface area (Å²) in [5, 5.41) is 11.6. The SMILES string of the molecule is CSc1ccc(Cl)c(C(=O)Nc2nnc(SCc3ccc(F)cc3)s2)c1. The second kappa shape index (κ2) is 8.85. The predicted molar refractivity (Wildman–Crippen MR) is 107 cm³/mol. The van der Waals surface area contributed by atoms with Gasteiger partial charge in [0.15, 0.2) is 4.34 Å². The van der Waals surface area contributed by atoms with Crippen LogP contribution in [0.3, 0.4) is 0 Å². The highest BCUT2D eigenvalue weighted by atomic mass is 35.5. The summed E-state index contributed by atoms with van der Waals surface area (Å²) in [7, 11) is 0. The largest absolute Gasteiger partial charge is 0.296 e. The van der Waals surface area contributed by atoms with Crippen LogP contribution in [0.25, 0.3) is 0 Å². The van der Waals surface area contributed by atoms with Crippen LogP contribution in [0.15, 0.2) is 51.7 Å². The minimum Gasteiger partial charge on any atom is -0.296 e. The van der Waals surface area contributed by atoms with E-state index in [1.807, 2.05) is 12.3 Å². The van der Waals surface area contributed by atoms with Crippen LogP contribution in [0.4, 0.5) is 9.52 Å². The third-order valence-corrected chi connectivity index (χ3v) is 6.42. The van der Waals surface area contributed by atoms with Crippen molar-refractivity contribution < 1.29 is 9.18 Å². The van der Waals surface area contributed by atoms with E-state index >= 15 is 0 Å². The zero-order valence-electron chi connectivity index (χ0n) is 13.5. The van der Waals surface area contributed by atoms with Crippen molar-refractivity contribution in [2.45, 2.75) is 15.0 Å². The molecule has 0 aliphatic carbocycles. The van der Waals surface area contributed by atoms with Gasteiger partial charge in [-0.2, -0.15) is 0 Å². The van der Waals surface area contributed by atoms with Gasteiger partial charge in [0, 0.05) is 10.6 Å². The lowest BCUT2D eigenvalue weighted by molar-refractivity contribution is 0.102. The minimum absolute atomic E-state index is 0.260. The highest BCUT2D eigenvalue weighted by molar-refractivity contribution is 8.00. The van der Waals surface area contributed by atoms with Crippen molar-refractivity contribution in [3.8, 4) is 0 Å². The number of hydrogen-bond acceptors (Lipinski definition) is 6. The number of rotatable bonds is 6. The molecule has 1 aromatic heterocycles. The van der Waals surface area contributed by atoms with Crippen molar-refractivity contribution in [2.75, 3.05) is 11.6 Å². The molecule has 0 saturated carbocycles. The Morgan fingerprint density at radius 1 is 1.23 bits per heavy atom. The highest BCUT2D eigenvalue weighted by Crippen LogP contribution is 2.29. The number of amides is 1. The fourth-order valence-electron chi connectivity index (χ4n) is 2.01. The van der Waals surface area contributed by atoms with Crippen LogP contribution >= 0.6 is 46.5 Å². The molecule has 0 aliphatic heterocycles. The normalized spacial score (nSPS) is 10.7. The Balaban J connectivity index is 1.63. The van der Waals surface area contributed by atoms with Gasteiger partial charge in [-0.1, -0.05) is 46.8 Å². The van der Waals surface area contributed by atoms with Crippen molar-refractivity contribution in [3.05, 3.63) is 64.4 Å². The van der Waals surface area contributed by atoms with Crippen LogP contribution in [-0.4, -0.2) is 22.4 Å². The lowest BCUT2D eigenvalue weighted by Crippen LogP contribution is -2.12. The smallest absolute Gasteiger partial charge is 0.259 e. The topological polar surface area (TPSA) is 54.9 Å². The van der Waals surface area contributed by atoms with E-state index in [9.17, 15) is 9.18 Å². The fourth-order valence-corrected chi connectivity index (χ4v) is 4.36. The Kier molecular flexibility index (Phi) is 6.53. The quantitative estimate of drug-likeness (QED) is 0.411. The molecule has 0 bridgehead atoms. The van der Waals surface area contributed by atoms with Gasteiger partial charge in [-0.05, 0) is 42.2 Å². The highest BCUT2D eigenvalue weighted by Gasteiger charge is 2.14. The molecular weight excluding hydrogens is 413 g/mol. The molecule has 3 rings (SSSR count). The molecule has 0 radical (unpaired) electrons. The van der Waals surface area contributed by atoms with Crippen molar-refractivity contribution in [1.29, 1.82) is 0 Å². The van der Waals surface area contributed by atoms with E-state index in [2.05, 4.69) is 15.5 Å². The molecule has 1 heterocycles. The Morgan fingerprint density at radius 3 is 2.73 bits per heavy atom. The van der Waals surface area contributed by atoms with Gasteiger partial charge in [0.1, 0.15) is 5.82 Å². The first-order valence-electron chi connectivity index (χ1n) is 7.41. The first kappa shape index (κ1) is 19.2. The number of halogens is 2. The molecular formula is C17H13ClFN3OS3. The van der Waals surface area contributed by atoms with E-state index in [4.69, 9.17) is 11.6 Å². The van der Waals surface area contributed by atoms with Gasteiger partial charge in [-0.3, -0.25) is 10.1 Å². The monoisotopic (exact) mass is 425 g/mol.